The van der Waals surface area contributed by atoms with E-state index in [9.17, 15) is 9.59 Å². The number of halogens is 1. The van der Waals surface area contributed by atoms with Crippen molar-refractivity contribution in [2.75, 3.05) is 6.54 Å². The van der Waals surface area contributed by atoms with Crippen LogP contribution in [0.2, 0.25) is 5.02 Å². The number of carbonyl (C=O) groups is 2. The number of hydrogen-bond donors (Lipinski definition) is 2. The highest BCUT2D eigenvalue weighted by Crippen LogP contribution is 2.23. The number of benzene rings is 3. The van der Waals surface area contributed by atoms with Gasteiger partial charge in [-0.3, -0.25) is 14.6 Å². The first-order valence-electron chi connectivity index (χ1n) is 10.7. The van der Waals surface area contributed by atoms with Crippen LogP contribution in [0.15, 0.2) is 79.0 Å². The van der Waals surface area contributed by atoms with Crippen LogP contribution in [0.3, 0.4) is 0 Å². The number of rotatable bonds is 8. The molecule has 0 saturated carbocycles. The number of amides is 1. The Labute approximate surface area is 197 Å². The van der Waals surface area contributed by atoms with Crippen molar-refractivity contribution in [2.45, 2.75) is 19.3 Å². The third-order valence-corrected chi connectivity index (χ3v) is 5.75. The van der Waals surface area contributed by atoms with Gasteiger partial charge in [0.15, 0.2) is 0 Å². The Hall–Kier alpha value is -3.70. The summed E-state index contributed by atoms with van der Waals surface area (Å²) < 4.78 is 0. The zero-order valence-corrected chi connectivity index (χ0v) is 18.7. The Morgan fingerprint density at radius 3 is 2.24 bits per heavy atom. The van der Waals surface area contributed by atoms with Gasteiger partial charge in [-0.1, -0.05) is 60.1 Å². The molecular formula is C27H23ClN2O3. The van der Waals surface area contributed by atoms with Crippen molar-refractivity contribution in [3.8, 4) is 0 Å². The van der Waals surface area contributed by atoms with Crippen LogP contribution in [-0.4, -0.2) is 28.5 Å². The molecule has 166 valence electrons. The van der Waals surface area contributed by atoms with Crippen molar-refractivity contribution in [3.05, 3.63) is 112 Å². The van der Waals surface area contributed by atoms with Gasteiger partial charge in [-0.25, -0.2) is 0 Å². The van der Waals surface area contributed by atoms with Crippen LogP contribution in [0, 0.1) is 0 Å². The quantitative estimate of drug-likeness (QED) is 0.386. The maximum atomic E-state index is 12.5. The molecule has 2 N–H and O–H groups in total. The van der Waals surface area contributed by atoms with Gasteiger partial charge in [-0.2, -0.15) is 0 Å². The highest BCUT2D eigenvalue weighted by molar-refractivity contribution is 6.30. The second-order valence-electron chi connectivity index (χ2n) is 7.85. The number of carboxylic acids is 1. The van der Waals surface area contributed by atoms with E-state index >= 15 is 0 Å². The predicted octanol–water partition coefficient (Wildman–Crippen LogP) is 5.08. The van der Waals surface area contributed by atoms with Gasteiger partial charge in [-0.15, -0.1) is 0 Å². The number of hydrogen-bond acceptors (Lipinski definition) is 3. The third-order valence-electron chi connectivity index (χ3n) is 5.50. The molecule has 0 aliphatic heterocycles. The molecule has 4 aromatic rings. The van der Waals surface area contributed by atoms with E-state index in [4.69, 9.17) is 16.7 Å². The minimum atomic E-state index is -0.878. The number of nitrogens with zero attached hydrogens (tertiary/aromatic N) is 1. The summed E-state index contributed by atoms with van der Waals surface area (Å²) in [6.45, 7) is 0.542. The van der Waals surface area contributed by atoms with E-state index in [-0.39, 0.29) is 12.3 Å². The molecule has 0 bridgehead atoms. The molecule has 4 rings (SSSR count). The van der Waals surface area contributed by atoms with E-state index in [1.807, 2.05) is 72.8 Å². The molecule has 0 aliphatic carbocycles. The van der Waals surface area contributed by atoms with Gasteiger partial charge >= 0.3 is 5.97 Å². The van der Waals surface area contributed by atoms with Crippen LogP contribution in [0.5, 0.6) is 0 Å². The van der Waals surface area contributed by atoms with Crippen LogP contribution in [0.4, 0.5) is 0 Å². The molecule has 33 heavy (non-hydrogen) atoms. The van der Waals surface area contributed by atoms with Gasteiger partial charge in [-0.05, 0) is 52.8 Å². The Kier molecular flexibility index (Phi) is 7.01. The second kappa shape index (κ2) is 10.3. The average Bonchev–Trinajstić information content (AvgIpc) is 2.82. The number of fused-ring (bicyclic) bond motifs is 1. The largest absolute Gasteiger partial charge is 0.481 e. The van der Waals surface area contributed by atoms with E-state index in [1.54, 1.807) is 6.20 Å². The molecule has 1 amide bonds. The first kappa shape index (κ1) is 22.5. The fourth-order valence-corrected chi connectivity index (χ4v) is 3.92. The first-order valence-corrected chi connectivity index (χ1v) is 11.1. The summed E-state index contributed by atoms with van der Waals surface area (Å²) in [6, 6.07) is 22.8. The Morgan fingerprint density at radius 1 is 0.879 bits per heavy atom. The van der Waals surface area contributed by atoms with Crippen LogP contribution < -0.4 is 5.32 Å². The summed E-state index contributed by atoms with van der Waals surface area (Å²) in [5.74, 6) is -0.992. The number of carbonyl (C=O) groups excluding carboxylic acids is 1. The Bertz CT molecular complexity index is 1290. The molecule has 3 aromatic carbocycles. The summed E-state index contributed by atoms with van der Waals surface area (Å²) in [5, 5.41) is 14.6. The smallest absolute Gasteiger partial charge is 0.307 e. The highest BCUT2D eigenvalue weighted by Gasteiger charge is 2.11. The number of aromatic nitrogens is 1. The number of carboxylic acid groups (broad SMARTS) is 1. The molecule has 1 aromatic heterocycles. The van der Waals surface area contributed by atoms with Crippen molar-refractivity contribution in [1.29, 1.82) is 0 Å². The van der Waals surface area contributed by atoms with Crippen molar-refractivity contribution >= 4 is 34.2 Å². The van der Waals surface area contributed by atoms with Gasteiger partial charge in [0.1, 0.15) is 0 Å². The number of nitrogens with one attached hydrogen (secondary N) is 1. The minimum absolute atomic E-state index is 0.0599. The average molecular weight is 459 g/mol. The zero-order valence-electron chi connectivity index (χ0n) is 17.9. The molecule has 0 radical (unpaired) electrons. The normalized spacial score (nSPS) is 10.8. The molecule has 6 heteroatoms. The fraction of sp³-hybridized carbons (Fsp3) is 0.148. The van der Waals surface area contributed by atoms with Crippen LogP contribution in [0.25, 0.3) is 10.8 Å². The molecule has 0 unspecified atom stereocenters. The van der Waals surface area contributed by atoms with Gasteiger partial charge in [0, 0.05) is 35.1 Å². The van der Waals surface area contributed by atoms with Gasteiger partial charge < -0.3 is 10.4 Å². The molecule has 0 atom stereocenters. The van der Waals surface area contributed by atoms with Crippen LogP contribution in [0.1, 0.15) is 32.7 Å². The molecular weight excluding hydrogens is 436 g/mol. The summed E-state index contributed by atoms with van der Waals surface area (Å²) >= 11 is 5.90. The van der Waals surface area contributed by atoms with Crippen molar-refractivity contribution in [2.24, 2.45) is 0 Å². The minimum Gasteiger partial charge on any atom is -0.481 e. The Morgan fingerprint density at radius 2 is 1.55 bits per heavy atom. The molecule has 0 aliphatic rings. The lowest BCUT2D eigenvalue weighted by molar-refractivity contribution is -0.136. The SMILES string of the molecule is O=C(O)Cc1cnc(Cc2ccc(C(=O)NCCc3ccc(Cl)cc3)cc2)c2ccccc12. The van der Waals surface area contributed by atoms with Crippen molar-refractivity contribution < 1.29 is 14.7 Å². The maximum Gasteiger partial charge on any atom is 0.307 e. The highest BCUT2D eigenvalue weighted by atomic mass is 35.5. The summed E-state index contributed by atoms with van der Waals surface area (Å²) in [6.07, 6.45) is 2.91. The molecule has 1 heterocycles. The van der Waals surface area contributed by atoms with Crippen molar-refractivity contribution in [1.82, 2.24) is 10.3 Å². The third kappa shape index (κ3) is 5.76. The standard InChI is InChI=1S/C27H23ClN2O3/c28-22-11-7-18(8-12-22)13-14-29-27(33)20-9-5-19(6-10-20)15-25-24-4-2-1-3-23(24)21(17-30-25)16-26(31)32/h1-12,17H,13-16H2,(H,29,33)(H,31,32). The fourth-order valence-electron chi connectivity index (χ4n) is 3.80. The van der Waals surface area contributed by atoms with E-state index in [0.717, 1.165) is 34.0 Å². The van der Waals surface area contributed by atoms with Gasteiger partial charge in [0.2, 0.25) is 0 Å². The lowest BCUT2D eigenvalue weighted by Crippen LogP contribution is -2.25. The first-order chi connectivity index (χ1) is 16.0. The molecule has 0 saturated heterocycles. The van der Waals surface area contributed by atoms with E-state index in [0.29, 0.717) is 29.1 Å². The second-order valence-corrected chi connectivity index (χ2v) is 8.29. The topological polar surface area (TPSA) is 79.3 Å². The molecule has 0 fully saturated rings. The Balaban J connectivity index is 1.41. The number of pyridine rings is 1. The molecule has 0 spiro atoms. The number of aliphatic carboxylic acids is 1. The maximum absolute atomic E-state index is 12.5. The van der Waals surface area contributed by atoms with E-state index in [1.165, 1.54) is 0 Å². The lowest BCUT2D eigenvalue weighted by Gasteiger charge is -2.10. The van der Waals surface area contributed by atoms with E-state index < -0.39 is 5.97 Å². The predicted molar refractivity (Wildman–Crippen MR) is 130 cm³/mol. The molecule has 5 nitrogen and oxygen atoms in total. The summed E-state index contributed by atoms with van der Waals surface area (Å²) in [7, 11) is 0. The summed E-state index contributed by atoms with van der Waals surface area (Å²) in [5.41, 5.74) is 4.32. The monoisotopic (exact) mass is 458 g/mol. The van der Waals surface area contributed by atoms with E-state index in [2.05, 4.69) is 10.3 Å². The van der Waals surface area contributed by atoms with Crippen LogP contribution >= 0.6 is 11.6 Å². The van der Waals surface area contributed by atoms with Gasteiger partial charge in [0.25, 0.3) is 5.91 Å². The lowest BCUT2D eigenvalue weighted by atomic mass is 9.99. The zero-order chi connectivity index (χ0) is 23.2. The summed E-state index contributed by atoms with van der Waals surface area (Å²) in [4.78, 5) is 28.2. The van der Waals surface area contributed by atoms with Crippen molar-refractivity contribution in [3.63, 3.8) is 0 Å². The van der Waals surface area contributed by atoms with Crippen LogP contribution in [-0.2, 0) is 24.1 Å². The van der Waals surface area contributed by atoms with Gasteiger partial charge in [0.05, 0.1) is 12.1 Å².